The van der Waals surface area contributed by atoms with Crippen LogP contribution in [0.5, 0.6) is 0 Å². The van der Waals surface area contributed by atoms with Crippen molar-refractivity contribution in [2.75, 3.05) is 0 Å². The first-order chi connectivity index (χ1) is 14.3. The molecule has 0 spiro atoms. The van der Waals surface area contributed by atoms with Gasteiger partial charge in [0.25, 0.3) is 0 Å². The first-order valence-corrected chi connectivity index (χ1v) is 12.5. The van der Waals surface area contributed by atoms with E-state index in [9.17, 15) is 0 Å². The van der Waals surface area contributed by atoms with Gasteiger partial charge < -0.3 is 0 Å². The number of imidazole rings is 1. The normalized spacial score (nSPS) is 12.3. The van der Waals surface area contributed by atoms with Gasteiger partial charge in [0.2, 0.25) is 6.33 Å². The van der Waals surface area contributed by atoms with Crippen LogP contribution in [0.4, 0.5) is 0 Å². The Bertz CT molecular complexity index is 616. The molecule has 0 N–H and O–H groups in total. The van der Waals surface area contributed by atoms with Crippen LogP contribution in [0.25, 0.3) is 0 Å². The van der Waals surface area contributed by atoms with Crippen LogP contribution in [-0.2, 0) is 6.54 Å². The molecule has 1 heterocycles. The summed E-state index contributed by atoms with van der Waals surface area (Å²) in [7, 11) is 0. The minimum Gasteiger partial charge on any atom is -0.237 e. The molecule has 2 aromatic rings. The molecule has 2 nitrogen and oxygen atoms in total. The highest BCUT2D eigenvalue weighted by atomic mass is 15.1. The minimum atomic E-state index is 0.448. The molecule has 0 saturated heterocycles. The van der Waals surface area contributed by atoms with Crippen LogP contribution >= 0.6 is 0 Å². The monoisotopic (exact) mass is 397 g/mol. The Kier molecular flexibility index (Phi) is 12.5. The van der Waals surface area contributed by atoms with Gasteiger partial charge in [-0.05, 0) is 24.8 Å². The predicted molar refractivity (Wildman–Crippen MR) is 125 cm³/mol. The molecule has 0 aliphatic rings. The first kappa shape index (κ1) is 23.7. The summed E-state index contributed by atoms with van der Waals surface area (Å²) in [5.41, 5.74) is 1.40. The van der Waals surface area contributed by atoms with Gasteiger partial charge in [-0.25, -0.2) is 9.13 Å². The minimum absolute atomic E-state index is 0.448. The summed E-state index contributed by atoms with van der Waals surface area (Å²) in [5.74, 6) is 0. The van der Waals surface area contributed by atoms with E-state index in [-0.39, 0.29) is 0 Å². The van der Waals surface area contributed by atoms with E-state index in [1.54, 1.807) is 0 Å². The van der Waals surface area contributed by atoms with Gasteiger partial charge in [-0.2, -0.15) is 0 Å². The van der Waals surface area contributed by atoms with Gasteiger partial charge in [-0.15, -0.1) is 0 Å². The largest absolute Gasteiger partial charge is 0.244 e. The van der Waals surface area contributed by atoms with E-state index in [1.807, 2.05) is 0 Å². The van der Waals surface area contributed by atoms with Crippen molar-refractivity contribution in [2.24, 2.45) is 0 Å². The number of rotatable bonds is 17. The van der Waals surface area contributed by atoms with Crippen molar-refractivity contribution in [3.8, 4) is 0 Å². The van der Waals surface area contributed by atoms with E-state index in [0.717, 1.165) is 13.0 Å². The molecule has 1 aromatic heterocycles. The Morgan fingerprint density at radius 1 is 0.724 bits per heavy atom. The summed E-state index contributed by atoms with van der Waals surface area (Å²) in [4.78, 5) is 0. The van der Waals surface area contributed by atoms with E-state index >= 15 is 0 Å². The van der Waals surface area contributed by atoms with Crippen LogP contribution < -0.4 is 4.57 Å². The summed E-state index contributed by atoms with van der Waals surface area (Å²) >= 11 is 0. The van der Waals surface area contributed by atoms with Gasteiger partial charge in [-0.1, -0.05) is 115 Å². The molecule has 2 heteroatoms. The average Bonchev–Trinajstić information content (AvgIpc) is 3.21. The van der Waals surface area contributed by atoms with E-state index in [4.69, 9.17) is 0 Å². The van der Waals surface area contributed by atoms with Gasteiger partial charge in [-0.3, -0.25) is 0 Å². The standard InChI is InChI=1S/C27H45N2/c1-3-5-6-7-8-9-10-11-12-13-14-15-19-22-28-23-24-29(25-28)27(4-2)26-20-17-16-18-21-26/h16-18,20-21,23-25,27H,3-15,19,22H2,1-2H3/q+1. The van der Waals surface area contributed by atoms with Gasteiger partial charge in [0, 0.05) is 0 Å². The van der Waals surface area contributed by atoms with Gasteiger partial charge in [0.05, 0.1) is 6.54 Å². The van der Waals surface area contributed by atoms with E-state index < -0.39 is 0 Å². The Morgan fingerprint density at radius 3 is 1.83 bits per heavy atom. The fraction of sp³-hybridized carbons (Fsp3) is 0.667. The van der Waals surface area contributed by atoms with Crippen LogP contribution in [-0.4, -0.2) is 4.57 Å². The lowest BCUT2D eigenvalue weighted by Crippen LogP contribution is -2.31. The second-order valence-electron chi connectivity index (χ2n) is 8.68. The van der Waals surface area contributed by atoms with Crippen molar-refractivity contribution < 1.29 is 4.57 Å². The number of unbranched alkanes of at least 4 members (excludes halogenated alkanes) is 12. The highest BCUT2D eigenvalue weighted by Crippen LogP contribution is 2.20. The quantitative estimate of drug-likeness (QED) is 0.190. The summed E-state index contributed by atoms with van der Waals surface area (Å²) in [6.45, 7) is 5.72. The van der Waals surface area contributed by atoms with Crippen molar-refractivity contribution in [1.82, 2.24) is 4.57 Å². The molecule has 2 rings (SSSR count). The SMILES string of the molecule is CCCCCCCCCCCCCCC[n+]1ccn(C(CC)c2ccccc2)c1. The zero-order valence-electron chi connectivity index (χ0n) is 19.2. The summed E-state index contributed by atoms with van der Waals surface area (Å²) in [6, 6.07) is 11.3. The van der Waals surface area contributed by atoms with Crippen molar-refractivity contribution in [3.63, 3.8) is 0 Å². The number of hydrogen-bond donors (Lipinski definition) is 0. The molecule has 0 aliphatic heterocycles. The number of benzene rings is 1. The molecule has 0 bridgehead atoms. The smallest absolute Gasteiger partial charge is 0.237 e. The highest BCUT2D eigenvalue weighted by Gasteiger charge is 2.16. The second-order valence-corrected chi connectivity index (χ2v) is 8.68. The molecule has 1 atom stereocenters. The number of aromatic nitrogens is 2. The lowest BCUT2D eigenvalue weighted by Gasteiger charge is -2.11. The van der Waals surface area contributed by atoms with Crippen LogP contribution in [0.2, 0.25) is 0 Å². The van der Waals surface area contributed by atoms with Gasteiger partial charge in [0.15, 0.2) is 0 Å². The average molecular weight is 398 g/mol. The third-order valence-corrected chi connectivity index (χ3v) is 6.16. The topological polar surface area (TPSA) is 8.81 Å². The molecular formula is C27H45N2+. The van der Waals surface area contributed by atoms with Crippen LogP contribution in [0, 0.1) is 0 Å². The summed E-state index contributed by atoms with van der Waals surface area (Å²) < 4.78 is 4.74. The van der Waals surface area contributed by atoms with Gasteiger partial charge in [0.1, 0.15) is 18.4 Å². The van der Waals surface area contributed by atoms with Crippen LogP contribution in [0.3, 0.4) is 0 Å². The van der Waals surface area contributed by atoms with E-state index in [2.05, 4.69) is 72.0 Å². The second kappa shape index (κ2) is 15.3. The molecule has 0 amide bonds. The number of aryl methyl sites for hydroxylation is 1. The van der Waals surface area contributed by atoms with Crippen LogP contribution in [0.15, 0.2) is 49.1 Å². The van der Waals surface area contributed by atoms with Crippen molar-refractivity contribution in [2.45, 2.75) is 116 Å². The predicted octanol–water partition coefficient (Wildman–Crippen LogP) is 7.87. The fourth-order valence-corrected chi connectivity index (χ4v) is 4.33. The zero-order chi connectivity index (χ0) is 20.6. The summed E-state index contributed by atoms with van der Waals surface area (Å²) in [5, 5.41) is 0. The Balaban J connectivity index is 1.51. The summed E-state index contributed by atoms with van der Waals surface area (Å²) in [6.07, 6.45) is 26.3. The van der Waals surface area contributed by atoms with Crippen molar-refractivity contribution >= 4 is 0 Å². The third-order valence-electron chi connectivity index (χ3n) is 6.16. The van der Waals surface area contributed by atoms with Crippen molar-refractivity contribution in [1.29, 1.82) is 0 Å². The maximum absolute atomic E-state index is 2.37. The fourth-order valence-electron chi connectivity index (χ4n) is 4.33. The molecule has 162 valence electrons. The lowest BCUT2D eigenvalue weighted by molar-refractivity contribution is -0.697. The molecular weight excluding hydrogens is 352 g/mol. The lowest BCUT2D eigenvalue weighted by atomic mass is 10.0. The Hall–Kier alpha value is -1.57. The van der Waals surface area contributed by atoms with Crippen LogP contribution in [0.1, 0.15) is 115 Å². The molecule has 0 saturated carbocycles. The maximum Gasteiger partial charge on any atom is 0.244 e. The number of nitrogens with zero attached hydrogens (tertiary/aromatic N) is 2. The Morgan fingerprint density at radius 2 is 1.28 bits per heavy atom. The molecule has 29 heavy (non-hydrogen) atoms. The molecule has 1 unspecified atom stereocenters. The molecule has 0 radical (unpaired) electrons. The maximum atomic E-state index is 2.37. The molecule has 0 fully saturated rings. The first-order valence-electron chi connectivity index (χ1n) is 12.5. The van der Waals surface area contributed by atoms with Gasteiger partial charge >= 0.3 is 0 Å². The number of hydrogen-bond acceptors (Lipinski definition) is 0. The molecule has 0 aliphatic carbocycles. The Labute approximate surface area is 180 Å². The molecule has 1 aromatic carbocycles. The zero-order valence-corrected chi connectivity index (χ0v) is 19.2. The highest BCUT2D eigenvalue weighted by molar-refractivity contribution is 5.19. The van der Waals surface area contributed by atoms with E-state index in [1.165, 1.54) is 89.0 Å². The van der Waals surface area contributed by atoms with Crippen molar-refractivity contribution in [3.05, 3.63) is 54.6 Å². The third kappa shape index (κ3) is 9.65. The van der Waals surface area contributed by atoms with E-state index in [0.29, 0.717) is 6.04 Å².